The van der Waals surface area contributed by atoms with Crippen molar-refractivity contribution in [1.82, 2.24) is 0 Å². The number of benzene rings is 1. The van der Waals surface area contributed by atoms with Crippen LogP contribution in [0.4, 0.5) is 10.5 Å². The smallest absolute Gasteiger partial charge is 0.411 e. The number of aliphatic hydroxyl groups excluding tert-OH is 2. The van der Waals surface area contributed by atoms with E-state index in [2.05, 4.69) is 5.32 Å². The van der Waals surface area contributed by atoms with E-state index in [4.69, 9.17) is 16.2 Å². The highest BCUT2D eigenvalue weighted by Crippen LogP contribution is 2.42. The molecule has 1 unspecified atom stereocenters. The van der Waals surface area contributed by atoms with Gasteiger partial charge in [-0.25, -0.2) is 4.79 Å². The van der Waals surface area contributed by atoms with Gasteiger partial charge in [-0.2, -0.15) is 0 Å². The van der Waals surface area contributed by atoms with Crippen molar-refractivity contribution in [3.8, 4) is 5.75 Å². The van der Waals surface area contributed by atoms with Crippen molar-refractivity contribution >= 4 is 29.3 Å². The summed E-state index contributed by atoms with van der Waals surface area (Å²) in [7, 11) is 0. The number of nitrogens with two attached hydrogens (primary N) is 2. The van der Waals surface area contributed by atoms with Crippen LogP contribution in [-0.2, 0) is 27.3 Å². The molecule has 0 radical (unpaired) electrons. The largest absolute Gasteiger partial charge is 0.505 e. The fraction of sp³-hybridized carbons (Fsp3) is 0.615. The third-order valence-electron chi connectivity index (χ3n) is 6.67. The summed E-state index contributed by atoms with van der Waals surface area (Å²) in [6, 6.07) is 1.47. The minimum Gasteiger partial charge on any atom is -0.505 e. The maximum absolute atomic E-state index is 13.2. The van der Waals surface area contributed by atoms with Crippen LogP contribution in [0.5, 0.6) is 5.75 Å². The van der Waals surface area contributed by atoms with Gasteiger partial charge in [-0.1, -0.05) is 20.8 Å². The third-order valence-corrected chi connectivity index (χ3v) is 6.67. The molecule has 0 heterocycles. The van der Waals surface area contributed by atoms with Gasteiger partial charge in [0.25, 0.3) is 0 Å². The van der Waals surface area contributed by atoms with Crippen LogP contribution >= 0.6 is 0 Å². The molecule has 0 saturated carbocycles. The third kappa shape index (κ3) is 7.50. The molecule has 12 heteroatoms. The number of phenolic OH excluding ortho intramolecular Hbond substituents is 1. The van der Waals surface area contributed by atoms with E-state index < -0.39 is 66.4 Å². The van der Waals surface area contributed by atoms with Crippen LogP contribution in [0.25, 0.3) is 0 Å². The highest BCUT2D eigenvalue weighted by molar-refractivity contribution is 6.04. The molecule has 3 atom stereocenters. The molecule has 0 fully saturated rings. The quantitative estimate of drug-likeness (QED) is 0.146. The van der Waals surface area contributed by atoms with E-state index in [0.717, 1.165) is 0 Å². The summed E-state index contributed by atoms with van der Waals surface area (Å²) in [6.45, 7) is 4.38. The van der Waals surface area contributed by atoms with E-state index >= 15 is 0 Å². The molecule has 12 nitrogen and oxygen atoms in total. The second-order valence-electron chi connectivity index (χ2n) is 11.0. The summed E-state index contributed by atoms with van der Waals surface area (Å²) in [5, 5.41) is 43.7. The zero-order valence-corrected chi connectivity index (χ0v) is 22.1. The van der Waals surface area contributed by atoms with E-state index in [1.807, 2.05) is 20.8 Å². The van der Waals surface area contributed by atoms with Gasteiger partial charge in [-0.05, 0) is 53.7 Å². The Balaban J connectivity index is 2.34. The first-order valence-electron chi connectivity index (χ1n) is 12.5. The second-order valence-corrected chi connectivity index (χ2v) is 11.0. The molecule has 38 heavy (non-hydrogen) atoms. The number of phenols is 1. The van der Waals surface area contributed by atoms with Gasteiger partial charge in [0, 0.05) is 19.6 Å². The van der Waals surface area contributed by atoms with Gasteiger partial charge in [-0.15, -0.1) is 0 Å². The minimum absolute atomic E-state index is 0.00786. The van der Waals surface area contributed by atoms with E-state index in [9.17, 15) is 39.6 Å². The first kappa shape index (κ1) is 31.2. The van der Waals surface area contributed by atoms with Crippen molar-refractivity contribution in [2.24, 2.45) is 28.7 Å². The van der Waals surface area contributed by atoms with Crippen LogP contribution < -0.4 is 16.8 Å². The number of aliphatic hydroxyl groups is 3. The number of hydrogen-bond donors (Lipinski definition) is 7. The number of Topliss-reactive ketones (excluding diaryl/α,β-unsaturated/α-hetero) is 2. The Hall–Kier alpha value is -3.06. The van der Waals surface area contributed by atoms with Crippen LogP contribution in [0.2, 0.25) is 0 Å². The van der Waals surface area contributed by atoms with Crippen molar-refractivity contribution in [3.63, 3.8) is 0 Å². The lowest BCUT2D eigenvalue weighted by atomic mass is 9.71. The SMILES string of the molecule is CC(C)(C)COC(=O)Nc1cc(CN)c2c(c1O)C(=O)CC(C[C@@H](CCO)[C@](O)(CO)C(=O)CC(N)=O)C2. The number of anilines is 1. The molecule has 0 bridgehead atoms. The number of aromatic hydroxyl groups is 1. The van der Waals surface area contributed by atoms with Gasteiger partial charge in [-0.3, -0.25) is 19.7 Å². The molecule has 1 aliphatic rings. The summed E-state index contributed by atoms with van der Waals surface area (Å²) in [4.78, 5) is 49.2. The van der Waals surface area contributed by atoms with Crippen LogP contribution in [0.3, 0.4) is 0 Å². The van der Waals surface area contributed by atoms with Gasteiger partial charge in [0.05, 0.1) is 30.9 Å². The number of ketones is 2. The van der Waals surface area contributed by atoms with Gasteiger partial charge >= 0.3 is 6.09 Å². The number of ether oxygens (including phenoxy) is 1. The number of hydrogen-bond acceptors (Lipinski definition) is 10. The minimum atomic E-state index is -2.33. The van der Waals surface area contributed by atoms with Crippen LogP contribution in [-0.4, -0.2) is 69.4 Å². The monoisotopic (exact) mass is 537 g/mol. The lowest BCUT2D eigenvalue weighted by Gasteiger charge is -2.36. The predicted octanol–water partition coefficient (Wildman–Crippen LogP) is 0.747. The lowest BCUT2D eigenvalue weighted by molar-refractivity contribution is -0.153. The van der Waals surface area contributed by atoms with E-state index in [0.29, 0.717) is 11.1 Å². The number of fused-ring (bicyclic) bond motifs is 1. The first-order valence-corrected chi connectivity index (χ1v) is 12.5. The van der Waals surface area contributed by atoms with Crippen molar-refractivity contribution in [1.29, 1.82) is 0 Å². The number of rotatable bonds is 12. The normalized spacial score (nSPS) is 17.8. The second kappa shape index (κ2) is 12.7. The Labute approximate surface area is 221 Å². The fourth-order valence-corrected chi connectivity index (χ4v) is 4.76. The number of amides is 2. The Bertz CT molecular complexity index is 1070. The molecular formula is C26H39N3O9. The number of carbonyl (C=O) groups excluding carboxylic acids is 4. The standard InChI is InChI=1S/C26H39N3O9/c1-25(2,3)13-38-24(36)29-18-9-15(11-27)17-7-14(8-19(32)22(17)23(18)35)6-16(4-5-30)26(37,12-31)20(33)10-21(28)34/h9,14,16,30-31,35,37H,4-8,10-13,27H2,1-3H3,(H2,28,34)(H,29,36)/t14?,16-,26-/m1/s1. The molecular weight excluding hydrogens is 498 g/mol. The van der Waals surface area contributed by atoms with Crippen molar-refractivity contribution in [2.75, 3.05) is 25.1 Å². The number of carbonyl (C=O) groups is 4. The van der Waals surface area contributed by atoms with E-state index in [1.54, 1.807) is 0 Å². The molecule has 1 aliphatic carbocycles. The van der Waals surface area contributed by atoms with Crippen molar-refractivity contribution in [3.05, 3.63) is 22.8 Å². The lowest BCUT2D eigenvalue weighted by Crippen LogP contribution is -2.51. The maximum Gasteiger partial charge on any atom is 0.411 e. The molecule has 1 aromatic carbocycles. The van der Waals surface area contributed by atoms with E-state index in [1.165, 1.54) is 6.07 Å². The summed E-state index contributed by atoms with van der Waals surface area (Å²) < 4.78 is 5.18. The fourth-order valence-electron chi connectivity index (χ4n) is 4.76. The molecule has 0 spiro atoms. The summed E-state index contributed by atoms with van der Waals surface area (Å²) >= 11 is 0. The predicted molar refractivity (Wildman–Crippen MR) is 137 cm³/mol. The molecule has 9 N–H and O–H groups in total. The van der Waals surface area contributed by atoms with Crippen LogP contribution in [0.1, 0.15) is 67.9 Å². The summed E-state index contributed by atoms with van der Waals surface area (Å²) in [5.74, 6) is -4.20. The average Bonchev–Trinajstić information content (AvgIpc) is 2.82. The topological polar surface area (TPSA) is 222 Å². The van der Waals surface area contributed by atoms with Gasteiger partial charge in [0.2, 0.25) is 5.91 Å². The molecule has 0 aromatic heterocycles. The molecule has 2 rings (SSSR count). The first-order chi connectivity index (χ1) is 17.7. The highest BCUT2D eigenvalue weighted by Gasteiger charge is 2.45. The number of nitrogens with one attached hydrogen (secondary N) is 1. The Morgan fingerprint density at radius 2 is 1.87 bits per heavy atom. The zero-order valence-electron chi connectivity index (χ0n) is 22.1. The average molecular weight is 538 g/mol. The molecule has 2 amide bonds. The molecule has 0 aliphatic heterocycles. The van der Waals surface area contributed by atoms with Gasteiger partial charge in [0.1, 0.15) is 11.4 Å². The Morgan fingerprint density at radius 1 is 1.21 bits per heavy atom. The van der Waals surface area contributed by atoms with Crippen LogP contribution in [0, 0.1) is 17.3 Å². The molecule has 0 saturated heterocycles. The van der Waals surface area contributed by atoms with Crippen molar-refractivity contribution in [2.45, 2.75) is 65.0 Å². The maximum atomic E-state index is 13.2. The zero-order chi connectivity index (χ0) is 28.8. The van der Waals surface area contributed by atoms with E-state index in [-0.39, 0.29) is 55.5 Å². The van der Waals surface area contributed by atoms with Gasteiger partial charge in [0.15, 0.2) is 11.6 Å². The number of primary amides is 1. The highest BCUT2D eigenvalue weighted by atomic mass is 16.5. The van der Waals surface area contributed by atoms with Gasteiger partial charge < -0.3 is 36.6 Å². The molecule has 212 valence electrons. The van der Waals surface area contributed by atoms with Crippen molar-refractivity contribution < 1.29 is 44.3 Å². The summed E-state index contributed by atoms with van der Waals surface area (Å²) in [5.41, 5.74) is 9.38. The Morgan fingerprint density at radius 3 is 2.39 bits per heavy atom. The Kier molecular flexibility index (Phi) is 10.4. The van der Waals surface area contributed by atoms with Crippen LogP contribution in [0.15, 0.2) is 6.07 Å². The molecule has 1 aromatic rings. The summed E-state index contributed by atoms with van der Waals surface area (Å²) in [6.07, 6.45) is -1.44.